The molecule has 0 radical (unpaired) electrons. The van der Waals surface area contributed by atoms with Gasteiger partial charge in [-0.25, -0.2) is 0 Å². The van der Waals surface area contributed by atoms with Gasteiger partial charge in [-0.15, -0.1) is 0 Å². The van der Waals surface area contributed by atoms with Crippen molar-refractivity contribution in [3.8, 4) is 11.5 Å². The standard InChI is InChI=1S/C21H21NO5/c23-12-15-6-1-2-8-17(15)21(26)22-11-4-3-7-16(22)14-27-20-10-5-9-19(25)18(20)13-24/h1-2,5-6,8-10,12-13,16,25H,3-4,7,11,14H2/t16-/m0/s1. The Morgan fingerprint density at radius 3 is 2.70 bits per heavy atom. The first-order valence-corrected chi connectivity index (χ1v) is 8.91. The maximum Gasteiger partial charge on any atom is 0.254 e. The van der Waals surface area contributed by atoms with Crippen molar-refractivity contribution in [3.05, 3.63) is 59.2 Å². The fourth-order valence-corrected chi connectivity index (χ4v) is 3.35. The highest BCUT2D eigenvalue weighted by atomic mass is 16.5. The molecule has 140 valence electrons. The second-order valence-corrected chi connectivity index (χ2v) is 6.47. The average molecular weight is 367 g/mol. The molecule has 1 atom stereocenters. The lowest BCUT2D eigenvalue weighted by molar-refractivity contribution is 0.0525. The van der Waals surface area contributed by atoms with Gasteiger partial charge in [0.1, 0.15) is 18.1 Å². The summed E-state index contributed by atoms with van der Waals surface area (Å²) in [6.45, 7) is 0.792. The molecular formula is C21H21NO5. The molecule has 2 aromatic rings. The number of carbonyl (C=O) groups is 3. The van der Waals surface area contributed by atoms with Crippen molar-refractivity contribution in [1.82, 2.24) is 4.90 Å². The molecule has 1 N–H and O–H groups in total. The van der Waals surface area contributed by atoms with E-state index < -0.39 is 0 Å². The molecule has 2 aromatic carbocycles. The molecule has 0 spiro atoms. The number of amides is 1. The van der Waals surface area contributed by atoms with Crippen LogP contribution < -0.4 is 4.74 Å². The molecule has 1 aliphatic rings. The summed E-state index contributed by atoms with van der Waals surface area (Å²) in [6.07, 6.45) is 3.86. The zero-order chi connectivity index (χ0) is 19.2. The van der Waals surface area contributed by atoms with Crippen LogP contribution in [0.1, 0.15) is 50.3 Å². The molecule has 1 heterocycles. The average Bonchev–Trinajstić information content (AvgIpc) is 2.72. The second kappa shape index (κ2) is 8.49. The number of carbonyl (C=O) groups excluding carboxylic acids is 3. The van der Waals surface area contributed by atoms with Gasteiger partial charge < -0.3 is 14.7 Å². The molecule has 1 fully saturated rings. The van der Waals surface area contributed by atoms with Crippen LogP contribution in [0.25, 0.3) is 0 Å². The number of nitrogens with zero attached hydrogens (tertiary/aromatic N) is 1. The van der Waals surface area contributed by atoms with E-state index in [1.54, 1.807) is 41.3 Å². The van der Waals surface area contributed by atoms with E-state index in [2.05, 4.69) is 0 Å². The Balaban J connectivity index is 1.78. The number of benzene rings is 2. The third-order valence-corrected chi connectivity index (χ3v) is 4.80. The van der Waals surface area contributed by atoms with E-state index in [4.69, 9.17) is 4.74 Å². The summed E-state index contributed by atoms with van der Waals surface area (Å²) in [6, 6.07) is 11.2. The normalized spacial score (nSPS) is 16.6. The monoisotopic (exact) mass is 367 g/mol. The number of rotatable bonds is 6. The number of aldehydes is 2. The lowest BCUT2D eigenvalue weighted by Crippen LogP contribution is -2.47. The minimum Gasteiger partial charge on any atom is -0.507 e. The van der Waals surface area contributed by atoms with Crippen LogP contribution in [0.3, 0.4) is 0 Å². The van der Waals surface area contributed by atoms with Crippen LogP contribution in [0.5, 0.6) is 11.5 Å². The van der Waals surface area contributed by atoms with Crippen molar-refractivity contribution in [1.29, 1.82) is 0 Å². The minimum absolute atomic E-state index is 0.0949. The molecule has 27 heavy (non-hydrogen) atoms. The van der Waals surface area contributed by atoms with E-state index in [1.807, 2.05) is 0 Å². The first kappa shape index (κ1) is 18.6. The van der Waals surface area contributed by atoms with Crippen LogP contribution in [-0.2, 0) is 0 Å². The number of piperidine rings is 1. The van der Waals surface area contributed by atoms with Crippen LogP contribution in [0, 0.1) is 0 Å². The lowest BCUT2D eigenvalue weighted by atomic mass is 10.00. The summed E-state index contributed by atoms with van der Waals surface area (Å²) >= 11 is 0. The van der Waals surface area contributed by atoms with Gasteiger partial charge in [-0.05, 0) is 37.5 Å². The number of hydrogen-bond donors (Lipinski definition) is 1. The Morgan fingerprint density at radius 2 is 1.93 bits per heavy atom. The predicted octanol–water partition coefficient (Wildman–Crippen LogP) is 3.09. The molecule has 0 aromatic heterocycles. The van der Waals surface area contributed by atoms with Crippen molar-refractivity contribution < 1.29 is 24.2 Å². The first-order chi connectivity index (χ1) is 13.2. The van der Waals surface area contributed by atoms with E-state index in [0.29, 0.717) is 30.2 Å². The summed E-state index contributed by atoms with van der Waals surface area (Å²) in [4.78, 5) is 37.2. The Hall–Kier alpha value is -3.15. The van der Waals surface area contributed by atoms with E-state index in [1.165, 1.54) is 6.07 Å². The zero-order valence-electron chi connectivity index (χ0n) is 14.8. The van der Waals surface area contributed by atoms with E-state index in [-0.39, 0.29) is 35.6 Å². The maximum absolute atomic E-state index is 13.0. The van der Waals surface area contributed by atoms with Gasteiger partial charge in [0.25, 0.3) is 5.91 Å². The quantitative estimate of drug-likeness (QED) is 0.793. The van der Waals surface area contributed by atoms with E-state index >= 15 is 0 Å². The molecular weight excluding hydrogens is 346 g/mol. The zero-order valence-corrected chi connectivity index (χ0v) is 14.8. The summed E-state index contributed by atoms with van der Waals surface area (Å²) in [7, 11) is 0. The van der Waals surface area contributed by atoms with Gasteiger partial charge in [0.2, 0.25) is 0 Å². The van der Waals surface area contributed by atoms with Crippen molar-refractivity contribution in [2.24, 2.45) is 0 Å². The predicted molar refractivity (Wildman–Crippen MR) is 99.5 cm³/mol. The van der Waals surface area contributed by atoms with Crippen LogP contribution in [0.15, 0.2) is 42.5 Å². The van der Waals surface area contributed by atoms with Gasteiger partial charge in [-0.3, -0.25) is 14.4 Å². The maximum atomic E-state index is 13.0. The molecule has 6 nitrogen and oxygen atoms in total. The van der Waals surface area contributed by atoms with Gasteiger partial charge in [0, 0.05) is 12.1 Å². The summed E-state index contributed by atoms with van der Waals surface area (Å²) in [5, 5.41) is 9.77. The van der Waals surface area contributed by atoms with Crippen LogP contribution in [0.2, 0.25) is 0 Å². The highest BCUT2D eigenvalue weighted by Gasteiger charge is 2.29. The summed E-state index contributed by atoms with van der Waals surface area (Å²) in [5.74, 6) is -0.0484. The van der Waals surface area contributed by atoms with E-state index in [9.17, 15) is 19.5 Å². The van der Waals surface area contributed by atoms with E-state index in [0.717, 1.165) is 19.3 Å². The molecule has 1 saturated heterocycles. The number of hydrogen-bond acceptors (Lipinski definition) is 5. The second-order valence-electron chi connectivity index (χ2n) is 6.47. The molecule has 0 unspecified atom stereocenters. The number of likely N-dealkylation sites (tertiary alicyclic amines) is 1. The Bertz CT molecular complexity index is 848. The first-order valence-electron chi connectivity index (χ1n) is 8.91. The molecule has 1 amide bonds. The minimum atomic E-state index is -0.197. The van der Waals surface area contributed by atoms with Gasteiger partial charge in [0.15, 0.2) is 12.6 Å². The van der Waals surface area contributed by atoms with Crippen LogP contribution in [-0.4, -0.2) is 47.7 Å². The van der Waals surface area contributed by atoms with Gasteiger partial charge >= 0.3 is 0 Å². The number of aromatic hydroxyl groups is 1. The highest BCUT2D eigenvalue weighted by molar-refractivity contribution is 6.01. The van der Waals surface area contributed by atoms with Gasteiger partial charge in [0.05, 0.1) is 17.2 Å². The number of phenols is 1. The number of phenolic OH excluding ortho intramolecular Hbond substituents is 1. The largest absolute Gasteiger partial charge is 0.507 e. The molecule has 0 bridgehead atoms. The fourth-order valence-electron chi connectivity index (χ4n) is 3.35. The summed E-state index contributed by atoms with van der Waals surface area (Å²) in [5.41, 5.74) is 0.840. The van der Waals surface area contributed by atoms with Crippen LogP contribution in [0.4, 0.5) is 0 Å². The summed E-state index contributed by atoms with van der Waals surface area (Å²) < 4.78 is 5.77. The van der Waals surface area contributed by atoms with Crippen molar-refractivity contribution in [2.45, 2.75) is 25.3 Å². The molecule has 6 heteroatoms. The molecule has 1 aliphatic heterocycles. The third-order valence-electron chi connectivity index (χ3n) is 4.80. The molecule has 0 saturated carbocycles. The van der Waals surface area contributed by atoms with Crippen molar-refractivity contribution in [3.63, 3.8) is 0 Å². The van der Waals surface area contributed by atoms with Crippen LogP contribution >= 0.6 is 0 Å². The highest BCUT2D eigenvalue weighted by Crippen LogP contribution is 2.27. The molecule has 3 rings (SSSR count). The van der Waals surface area contributed by atoms with Gasteiger partial charge in [-0.1, -0.05) is 24.3 Å². The number of ether oxygens (including phenoxy) is 1. The van der Waals surface area contributed by atoms with Crippen molar-refractivity contribution in [2.75, 3.05) is 13.2 Å². The molecule has 0 aliphatic carbocycles. The Morgan fingerprint density at radius 1 is 1.11 bits per heavy atom. The topological polar surface area (TPSA) is 83.9 Å². The Kier molecular flexibility index (Phi) is 5.86. The van der Waals surface area contributed by atoms with Gasteiger partial charge in [-0.2, -0.15) is 0 Å². The smallest absolute Gasteiger partial charge is 0.254 e. The lowest BCUT2D eigenvalue weighted by Gasteiger charge is -2.36. The van der Waals surface area contributed by atoms with Crippen molar-refractivity contribution >= 4 is 18.5 Å². The fraction of sp³-hybridized carbons (Fsp3) is 0.286. The SMILES string of the molecule is O=Cc1ccccc1C(=O)N1CCCC[C@H]1COc1cccc(O)c1C=O. The Labute approximate surface area is 157 Å². The third kappa shape index (κ3) is 4.00.